The summed E-state index contributed by atoms with van der Waals surface area (Å²) in [6.45, 7) is 1.96. The molecule has 5 nitrogen and oxygen atoms in total. The van der Waals surface area contributed by atoms with E-state index in [0.29, 0.717) is 26.9 Å². The molecule has 1 saturated heterocycles. The van der Waals surface area contributed by atoms with E-state index in [2.05, 4.69) is 5.32 Å². The molecule has 3 aliphatic heterocycles. The number of anilines is 2. The van der Waals surface area contributed by atoms with Crippen molar-refractivity contribution in [1.82, 2.24) is 0 Å². The Kier molecular flexibility index (Phi) is 5.93. The number of halogens is 2. The molecule has 0 saturated carbocycles. The zero-order chi connectivity index (χ0) is 28.5. The van der Waals surface area contributed by atoms with Gasteiger partial charge in [-0.15, -0.1) is 0 Å². The van der Waals surface area contributed by atoms with Gasteiger partial charge in [-0.25, -0.2) is 0 Å². The summed E-state index contributed by atoms with van der Waals surface area (Å²) in [5.41, 5.74) is 3.48. The number of benzene rings is 4. The van der Waals surface area contributed by atoms with Crippen LogP contribution in [0.15, 0.2) is 97.1 Å². The number of rotatable bonds is 4. The van der Waals surface area contributed by atoms with E-state index in [1.807, 2.05) is 66.4 Å². The molecule has 7 heteroatoms. The summed E-state index contributed by atoms with van der Waals surface area (Å²) in [7, 11) is 0. The van der Waals surface area contributed by atoms with Crippen LogP contribution >= 0.6 is 23.2 Å². The lowest BCUT2D eigenvalue weighted by Crippen LogP contribution is -2.51. The molecule has 1 spiro atoms. The largest absolute Gasteiger partial charge is 0.352 e. The molecule has 1 amide bonds. The number of amides is 1. The van der Waals surface area contributed by atoms with Crippen LogP contribution < -0.4 is 10.2 Å². The maximum Gasteiger partial charge on any atom is 0.238 e. The third kappa shape index (κ3) is 3.73. The molecule has 3 aliphatic rings. The molecule has 1 fully saturated rings. The van der Waals surface area contributed by atoms with Crippen molar-refractivity contribution in [3.05, 3.63) is 135 Å². The van der Waals surface area contributed by atoms with Gasteiger partial charge in [-0.3, -0.25) is 14.4 Å². The lowest BCUT2D eigenvalue weighted by Gasteiger charge is -2.37. The first kappa shape index (κ1) is 25.8. The minimum absolute atomic E-state index is 0.255. The van der Waals surface area contributed by atoms with Crippen LogP contribution in [0.3, 0.4) is 0 Å². The molecule has 3 heterocycles. The maximum absolute atomic E-state index is 14.8. The molecule has 0 radical (unpaired) electrons. The Morgan fingerprint density at radius 3 is 2.15 bits per heavy atom. The number of hydrogen-bond donors (Lipinski definition) is 1. The number of para-hydroxylation sites is 1. The number of ketones is 2. The smallest absolute Gasteiger partial charge is 0.238 e. The van der Waals surface area contributed by atoms with Crippen LogP contribution in [0.2, 0.25) is 10.0 Å². The molecule has 7 rings (SSSR count). The first-order chi connectivity index (χ1) is 19.8. The van der Waals surface area contributed by atoms with Gasteiger partial charge in [0.2, 0.25) is 5.91 Å². The van der Waals surface area contributed by atoms with Gasteiger partial charge in [0, 0.05) is 32.5 Å². The number of fused-ring (bicyclic) bond motifs is 6. The van der Waals surface area contributed by atoms with Gasteiger partial charge in [0.15, 0.2) is 11.6 Å². The standard InChI is InChI=1S/C34H24Cl2N2O3/c1-19-6-16-26-25(18-19)34(33(41)37-26)28-17-11-20-4-2-3-5-27(20)38(28)30(32(40)22-9-14-24(36)15-10-22)29(34)31(39)21-7-12-23(35)13-8-21/h2-18,28-30H,1H3,(H,37,41)/t28?,29-,30-,34+/m1/s1. The fourth-order valence-electron chi connectivity index (χ4n) is 6.85. The molecule has 1 N–H and O–H groups in total. The normalized spacial score (nSPS) is 23.6. The van der Waals surface area contributed by atoms with E-state index in [-0.39, 0.29) is 17.5 Å². The van der Waals surface area contributed by atoms with Crippen molar-refractivity contribution in [2.24, 2.45) is 5.92 Å². The summed E-state index contributed by atoms with van der Waals surface area (Å²) in [5, 5.41) is 4.06. The van der Waals surface area contributed by atoms with Crippen LogP contribution in [0.4, 0.5) is 11.4 Å². The van der Waals surface area contributed by atoms with E-state index in [9.17, 15) is 14.4 Å². The van der Waals surface area contributed by atoms with Crippen molar-refractivity contribution in [3.8, 4) is 0 Å². The fraction of sp³-hybridized carbons (Fsp3) is 0.147. The maximum atomic E-state index is 14.8. The molecule has 4 aromatic carbocycles. The molecule has 202 valence electrons. The van der Waals surface area contributed by atoms with Crippen molar-refractivity contribution in [2.45, 2.75) is 24.4 Å². The van der Waals surface area contributed by atoms with E-state index in [4.69, 9.17) is 23.2 Å². The highest BCUT2D eigenvalue weighted by Crippen LogP contribution is 2.58. The fourth-order valence-corrected chi connectivity index (χ4v) is 7.11. The minimum Gasteiger partial charge on any atom is -0.352 e. The minimum atomic E-state index is -1.37. The van der Waals surface area contributed by atoms with Crippen molar-refractivity contribution in [3.63, 3.8) is 0 Å². The topological polar surface area (TPSA) is 66.5 Å². The molecule has 0 aliphatic carbocycles. The van der Waals surface area contributed by atoms with Gasteiger partial charge in [0.1, 0.15) is 11.5 Å². The van der Waals surface area contributed by atoms with E-state index in [1.54, 1.807) is 48.5 Å². The first-order valence-electron chi connectivity index (χ1n) is 13.4. The van der Waals surface area contributed by atoms with Gasteiger partial charge >= 0.3 is 0 Å². The van der Waals surface area contributed by atoms with Crippen LogP contribution in [0, 0.1) is 12.8 Å². The first-order valence-corrected chi connectivity index (χ1v) is 14.1. The molecular weight excluding hydrogens is 555 g/mol. The van der Waals surface area contributed by atoms with Crippen LogP contribution in [-0.2, 0) is 10.2 Å². The van der Waals surface area contributed by atoms with Crippen molar-refractivity contribution in [1.29, 1.82) is 0 Å². The average molecular weight is 579 g/mol. The van der Waals surface area contributed by atoms with Crippen LogP contribution in [-0.4, -0.2) is 29.6 Å². The highest BCUT2D eigenvalue weighted by Gasteiger charge is 2.70. The number of Topliss-reactive ketones (excluding diaryl/α,β-unsaturated/α-hetero) is 2. The zero-order valence-corrected chi connectivity index (χ0v) is 23.5. The molecule has 0 aromatic heterocycles. The number of carbonyl (C=O) groups excluding carboxylic acids is 3. The number of nitrogens with zero attached hydrogens (tertiary/aromatic N) is 1. The predicted molar refractivity (Wildman–Crippen MR) is 162 cm³/mol. The van der Waals surface area contributed by atoms with E-state index >= 15 is 0 Å². The van der Waals surface area contributed by atoms with E-state index < -0.39 is 23.4 Å². The number of hydrogen-bond acceptors (Lipinski definition) is 4. The number of carbonyl (C=O) groups is 3. The summed E-state index contributed by atoms with van der Waals surface area (Å²) in [6, 6.07) is 25.3. The molecule has 0 bridgehead atoms. The van der Waals surface area contributed by atoms with Gasteiger partial charge in [0.25, 0.3) is 0 Å². The Hall–Kier alpha value is -4.19. The Labute approximate surface area is 247 Å². The highest BCUT2D eigenvalue weighted by molar-refractivity contribution is 6.31. The highest BCUT2D eigenvalue weighted by atomic mass is 35.5. The Morgan fingerprint density at radius 1 is 0.829 bits per heavy atom. The Balaban J connectivity index is 1.54. The molecule has 1 unspecified atom stereocenters. The lowest BCUT2D eigenvalue weighted by atomic mass is 9.64. The summed E-state index contributed by atoms with van der Waals surface area (Å²) in [5.74, 6) is -1.89. The second-order valence-corrected chi connectivity index (χ2v) is 11.7. The third-order valence-corrected chi connectivity index (χ3v) is 9.10. The molecule has 41 heavy (non-hydrogen) atoms. The van der Waals surface area contributed by atoms with Gasteiger partial charge in [-0.1, -0.05) is 71.2 Å². The van der Waals surface area contributed by atoms with Gasteiger partial charge in [-0.2, -0.15) is 0 Å². The molecular formula is C34H24Cl2N2O3. The summed E-state index contributed by atoms with van der Waals surface area (Å²) in [4.78, 5) is 45.8. The van der Waals surface area contributed by atoms with Crippen LogP contribution in [0.5, 0.6) is 0 Å². The summed E-state index contributed by atoms with van der Waals surface area (Å²) >= 11 is 12.3. The van der Waals surface area contributed by atoms with Gasteiger partial charge < -0.3 is 10.2 Å². The van der Waals surface area contributed by atoms with Crippen molar-refractivity contribution < 1.29 is 14.4 Å². The van der Waals surface area contributed by atoms with E-state index in [0.717, 1.165) is 22.4 Å². The second kappa shape index (κ2) is 9.44. The monoisotopic (exact) mass is 578 g/mol. The third-order valence-electron chi connectivity index (χ3n) is 8.60. The van der Waals surface area contributed by atoms with Gasteiger partial charge in [-0.05, 0) is 78.7 Å². The zero-order valence-electron chi connectivity index (χ0n) is 22.0. The van der Waals surface area contributed by atoms with Crippen LogP contribution in [0.25, 0.3) is 6.08 Å². The van der Waals surface area contributed by atoms with Gasteiger partial charge in [0.05, 0.1) is 12.0 Å². The lowest BCUT2D eigenvalue weighted by molar-refractivity contribution is -0.121. The SMILES string of the molecule is Cc1ccc2c(c1)[C@]1(C(=O)N2)C2C=Cc3ccccc3N2[C@@H](C(=O)c2ccc(Cl)cc2)[C@@H]1C(=O)c1ccc(Cl)cc1. The predicted octanol–water partition coefficient (Wildman–Crippen LogP) is 7.16. The number of aryl methyl sites for hydroxylation is 1. The second-order valence-electron chi connectivity index (χ2n) is 10.8. The average Bonchev–Trinajstić information content (AvgIpc) is 3.45. The quantitative estimate of drug-likeness (QED) is 0.261. The molecule has 4 aromatic rings. The van der Waals surface area contributed by atoms with Crippen molar-refractivity contribution >= 4 is 58.1 Å². The Morgan fingerprint density at radius 2 is 1.46 bits per heavy atom. The molecule has 4 atom stereocenters. The Bertz CT molecular complexity index is 1780. The summed E-state index contributed by atoms with van der Waals surface area (Å²) in [6.07, 6.45) is 3.95. The summed E-state index contributed by atoms with van der Waals surface area (Å²) < 4.78 is 0. The number of nitrogens with one attached hydrogen (secondary N) is 1. The van der Waals surface area contributed by atoms with Crippen LogP contribution in [0.1, 0.15) is 37.4 Å². The van der Waals surface area contributed by atoms with E-state index in [1.165, 1.54) is 0 Å². The van der Waals surface area contributed by atoms with Crippen molar-refractivity contribution in [2.75, 3.05) is 10.2 Å².